The van der Waals surface area contributed by atoms with Gasteiger partial charge in [0.1, 0.15) is 5.82 Å². The highest BCUT2D eigenvalue weighted by Gasteiger charge is 2.25. The van der Waals surface area contributed by atoms with Crippen LogP contribution in [-0.4, -0.2) is 48.2 Å². The topological polar surface area (TPSA) is 47.9 Å². The highest BCUT2D eigenvalue weighted by atomic mass is 19.1. The number of hydrogen-bond acceptors (Lipinski definition) is 2. The second kappa shape index (κ2) is 7.09. The Kier molecular flexibility index (Phi) is 5.40. The molecule has 0 aromatic heterocycles. The maximum Gasteiger partial charge on any atom is 0.194 e. The van der Waals surface area contributed by atoms with Gasteiger partial charge in [0.15, 0.2) is 5.96 Å². The molecule has 1 aliphatic rings. The molecule has 2 N–H and O–H groups in total. The number of aliphatic hydroxyl groups is 1. The van der Waals surface area contributed by atoms with Gasteiger partial charge in [-0.15, -0.1) is 0 Å². The summed E-state index contributed by atoms with van der Waals surface area (Å²) in [4.78, 5) is 6.78. The second-order valence-electron chi connectivity index (χ2n) is 6.45. The Balaban J connectivity index is 2.11. The van der Waals surface area contributed by atoms with E-state index in [1.54, 1.807) is 12.1 Å². The molecule has 4 nitrogen and oxygen atoms in total. The molecular formula is C17H26FN3O. The van der Waals surface area contributed by atoms with Crippen LogP contribution in [0.1, 0.15) is 32.8 Å². The van der Waals surface area contributed by atoms with E-state index >= 15 is 0 Å². The Bertz CT molecular complexity index is 530. The van der Waals surface area contributed by atoms with Crippen LogP contribution < -0.4 is 5.32 Å². The number of rotatable bonds is 4. The van der Waals surface area contributed by atoms with Crippen molar-refractivity contribution in [1.29, 1.82) is 0 Å². The molecule has 1 aromatic rings. The summed E-state index contributed by atoms with van der Waals surface area (Å²) >= 11 is 0. The smallest absolute Gasteiger partial charge is 0.194 e. The lowest BCUT2D eigenvalue weighted by Gasteiger charge is -2.26. The molecule has 0 saturated carbocycles. The van der Waals surface area contributed by atoms with Gasteiger partial charge in [-0.05, 0) is 31.0 Å². The molecule has 1 heterocycles. The first kappa shape index (κ1) is 16.7. The largest absolute Gasteiger partial charge is 0.391 e. The van der Waals surface area contributed by atoms with Gasteiger partial charge in [-0.3, -0.25) is 4.99 Å². The molecule has 0 radical (unpaired) electrons. The van der Waals surface area contributed by atoms with Gasteiger partial charge < -0.3 is 15.3 Å². The molecule has 1 saturated heterocycles. The molecule has 0 amide bonds. The van der Waals surface area contributed by atoms with Gasteiger partial charge >= 0.3 is 0 Å². The third-order valence-electron chi connectivity index (χ3n) is 4.03. The molecule has 1 fully saturated rings. The van der Waals surface area contributed by atoms with Crippen LogP contribution in [0, 0.1) is 5.82 Å². The van der Waals surface area contributed by atoms with Crippen molar-refractivity contribution in [2.24, 2.45) is 4.99 Å². The molecule has 1 aliphatic heterocycles. The standard InChI is InChI=1S/C17H26FN3O/c1-4-19-16(21-9-8-15(22)11-21)20-12-17(2,3)13-6-5-7-14(18)10-13/h5-7,10,15,22H,4,8-9,11-12H2,1-3H3,(H,19,20)/t15-/m1/s1. The van der Waals surface area contributed by atoms with Crippen molar-refractivity contribution in [2.75, 3.05) is 26.2 Å². The fourth-order valence-electron chi connectivity index (χ4n) is 2.63. The highest BCUT2D eigenvalue weighted by Crippen LogP contribution is 2.24. The molecule has 0 bridgehead atoms. The van der Waals surface area contributed by atoms with E-state index < -0.39 is 0 Å². The van der Waals surface area contributed by atoms with Crippen molar-refractivity contribution in [2.45, 2.75) is 38.7 Å². The van der Waals surface area contributed by atoms with Crippen LogP contribution in [0.4, 0.5) is 4.39 Å². The Morgan fingerprint density at radius 1 is 1.50 bits per heavy atom. The molecular weight excluding hydrogens is 281 g/mol. The Hall–Kier alpha value is -1.62. The van der Waals surface area contributed by atoms with Gasteiger partial charge in [-0.2, -0.15) is 0 Å². The minimum absolute atomic E-state index is 0.218. The number of guanidine groups is 1. The van der Waals surface area contributed by atoms with Crippen LogP contribution in [-0.2, 0) is 5.41 Å². The Morgan fingerprint density at radius 2 is 2.27 bits per heavy atom. The van der Waals surface area contributed by atoms with Crippen LogP contribution in [0.25, 0.3) is 0 Å². The molecule has 22 heavy (non-hydrogen) atoms. The van der Waals surface area contributed by atoms with Crippen LogP contribution in [0.5, 0.6) is 0 Å². The molecule has 1 aromatic carbocycles. The predicted molar refractivity (Wildman–Crippen MR) is 87.6 cm³/mol. The Morgan fingerprint density at radius 3 is 2.86 bits per heavy atom. The number of likely N-dealkylation sites (tertiary alicyclic amines) is 1. The van der Waals surface area contributed by atoms with Crippen LogP contribution in [0.3, 0.4) is 0 Å². The summed E-state index contributed by atoms with van der Waals surface area (Å²) in [7, 11) is 0. The molecule has 5 heteroatoms. The minimum atomic E-state index is -0.278. The summed E-state index contributed by atoms with van der Waals surface area (Å²) in [5, 5.41) is 13.0. The van der Waals surface area contributed by atoms with E-state index in [0.717, 1.165) is 31.0 Å². The first-order valence-corrected chi connectivity index (χ1v) is 7.90. The molecule has 0 spiro atoms. The number of halogens is 1. The monoisotopic (exact) mass is 307 g/mol. The molecule has 1 atom stereocenters. The van der Waals surface area contributed by atoms with E-state index in [4.69, 9.17) is 4.99 Å². The third-order valence-corrected chi connectivity index (χ3v) is 4.03. The first-order chi connectivity index (χ1) is 10.4. The second-order valence-corrected chi connectivity index (χ2v) is 6.45. The summed E-state index contributed by atoms with van der Waals surface area (Å²) < 4.78 is 13.4. The van der Waals surface area contributed by atoms with Crippen LogP contribution in [0.15, 0.2) is 29.3 Å². The third kappa shape index (κ3) is 4.19. The van der Waals surface area contributed by atoms with Gasteiger partial charge in [0.05, 0.1) is 12.6 Å². The van der Waals surface area contributed by atoms with Crippen molar-refractivity contribution < 1.29 is 9.50 Å². The van der Waals surface area contributed by atoms with Gasteiger partial charge in [0.2, 0.25) is 0 Å². The number of aliphatic imine (C=N–C) groups is 1. The summed E-state index contributed by atoms with van der Waals surface area (Å²) in [5.74, 6) is 0.604. The number of nitrogens with one attached hydrogen (secondary N) is 1. The number of hydrogen-bond donors (Lipinski definition) is 2. The fraction of sp³-hybridized carbons (Fsp3) is 0.588. The van der Waals surface area contributed by atoms with Crippen molar-refractivity contribution in [1.82, 2.24) is 10.2 Å². The lowest BCUT2D eigenvalue weighted by molar-refractivity contribution is 0.187. The van der Waals surface area contributed by atoms with E-state index in [-0.39, 0.29) is 17.3 Å². The predicted octanol–water partition coefficient (Wildman–Crippen LogP) is 2.14. The quantitative estimate of drug-likeness (QED) is 0.662. The SMILES string of the molecule is CCNC(=NCC(C)(C)c1cccc(F)c1)N1CC[C@@H](O)C1. The lowest BCUT2D eigenvalue weighted by atomic mass is 9.85. The number of β-amino-alcohol motifs (C(OH)–C–C–N with tert-alkyl or cyclic N) is 1. The average Bonchev–Trinajstić information content (AvgIpc) is 2.90. The molecule has 0 aliphatic carbocycles. The normalized spacial score (nSPS) is 19.6. The summed E-state index contributed by atoms with van der Waals surface area (Å²) in [6.07, 6.45) is 0.498. The van der Waals surface area contributed by atoms with Gasteiger partial charge in [-0.1, -0.05) is 26.0 Å². The number of aliphatic hydroxyl groups excluding tert-OH is 1. The Labute approximate surface area is 132 Å². The zero-order valence-corrected chi connectivity index (χ0v) is 13.6. The van der Waals surface area contributed by atoms with Crippen molar-refractivity contribution in [3.8, 4) is 0 Å². The van der Waals surface area contributed by atoms with Crippen molar-refractivity contribution in [3.63, 3.8) is 0 Å². The summed E-state index contributed by atoms with van der Waals surface area (Å²) in [5.41, 5.74) is 0.690. The van der Waals surface area contributed by atoms with Crippen LogP contribution in [0.2, 0.25) is 0 Å². The number of benzene rings is 1. The van der Waals surface area contributed by atoms with E-state index in [0.29, 0.717) is 13.1 Å². The average molecular weight is 307 g/mol. The first-order valence-electron chi connectivity index (χ1n) is 7.90. The fourth-order valence-corrected chi connectivity index (χ4v) is 2.63. The summed E-state index contributed by atoms with van der Waals surface area (Å²) in [6.45, 7) is 8.93. The zero-order valence-electron chi connectivity index (χ0n) is 13.6. The summed E-state index contributed by atoms with van der Waals surface area (Å²) in [6, 6.07) is 6.70. The molecule has 122 valence electrons. The van der Waals surface area contributed by atoms with Crippen molar-refractivity contribution >= 4 is 5.96 Å². The van der Waals surface area contributed by atoms with Gasteiger partial charge in [-0.25, -0.2) is 4.39 Å². The van der Waals surface area contributed by atoms with E-state index in [2.05, 4.69) is 24.1 Å². The highest BCUT2D eigenvalue weighted by molar-refractivity contribution is 5.80. The lowest BCUT2D eigenvalue weighted by Crippen LogP contribution is -2.41. The minimum Gasteiger partial charge on any atom is -0.391 e. The van der Waals surface area contributed by atoms with E-state index in [1.807, 2.05) is 13.0 Å². The van der Waals surface area contributed by atoms with E-state index in [1.165, 1.54) is 6.07 Å². The number of nitrogens with zero attached hydrogens (tertiary/aromatic N) is 2. The van der Waals surface area contributed by atoms with E-state index in [9.17, 15) is 9.50 Å². The molecule has 2 rings (SSSR count). The van der Waals surface area contributed by atoms with Gasteiger partial charge in [0, 0.05) is 25.0 Å². The maximum atomic E-state index is 13.4. The zero-order chi connectivity index (χ0) is 16.2. The van der Waals surface area contributed by atoms with Crippen molar-refractivity contribution in [3.05, 3.63) is 35.6 Å². The molecule has 0 unspecified atom stereocenters. The van der Waals surface area contributed by atoms with Gasteiger partial charge in [0.25, 0.3) is 0 Å². The maximum absolute atomic E-state index is 13.4. The van der Waals surface area contributed by atoms with Crippen LogP contribution >= 0.6 is 0 Å².